The van der Waals surface area contributed by atoms with E-state index in [1.807, 2.05) is 0 Å². The van der Waals surface area contributed by atoms with Gasteiger partial charge in [-0.3, -0.25) is 4.79 Å². The van der Waals surface area contributed by atoms with E-state index >= 15 is 0 Å². The Bertz CT molecular complexity index is 908. The number of nitrogen functional groups attached to an aromatic ring is 1. The number of carbonyl (C=O) groups excluding carboxylic acids is 1. The molecule has 0 aliphatic heterocycles. The molecular weight excluding hydrogens is 350 g/mol. The number of nitrogens with zero attached hydrogens (tertiary/aromatic N) is 2. The molecule has 0 aliphatic rings. The van der Waals surface area contributed by atoms with Crippen LogP contribution in [-0.4, -0.2) is 22.9 Å². The molecule has 3 N–H and O–H groups in total. The molecule has 0 atom stereocenters. The monoisotopic (exact) mass is 362 g/mol. The number of halogens is 2. The molecule has 3 rings (SSSR count). The maximum absolute atomic E-state index is 13.8. The third-order valence-electron chi connectivity index (χ3n) is 3.26. The van der Waals surface area contributed by atoms with Gasteiger partial charge in [0.1, 0.15) is 33.9 Å². The van der Waals surface area contributed by atoms with Crippen LogP contribution in [0.15, 0.2) is 36.5 Å². The molecule has 25 heavy (non-hydrogen) atoms. The van der Waals surface area contributed by atoms with Crippen LogP contribution < -0.4 is 15.8 Å². The Hall–Kier alpha value is -3.07. The predicted octanol–water partition coefficient (Wildman–Crippen LogP) is 3.38. The highest BCUT2D eigenvalue weighted by atomic mass is 32.1. The summed E-state index contributed by atoms with van der Waals surface area (Å²) in [7, 11) is 1.52. The molecule has 0 unspecified atom stereocenters. The molecule has 0 aliphatic carbocycles. The zero-order valence-corrected chi connectivity index (χ0v) is 13.7. The number of ketones is 1. The smallest absolute Gasteiger partial charge is 0.212 e. The lowest BCUT2D eigenvalue weighted by Crippen LogP contribution is -2.07. The van der Waals surface area contributed by atoms with E-state index in [2.05, 4.69) is 15.3 Å². The van der Waals surface area contributed by atoms with Crippen molar-refractivity contribution in [3.63, 3.8) is 0 Å². The Morgan fingerprint density at radius 1 is 1.24 bits per heavy atom. The van der Waals surface area contributed by atoms with Crippen molar-refractivity contribution in [1.29, 1.82) is 0 Å². The summed E-state index contributed by atoms with van der Waals surface area (Å²) in [5.41, 5.74) is 5.07. The summed E-state index contributed by atoms with van der Waals surface area (Å²) in [4.78, 5) is 20.5. The number of aromatic nitrogens is 2. The van der Waals surface area contributed by atoms with Crippen LogP contribution in [0.3, 0.4) is 0 Å². The molecule has 6 nitrogen and oxygen atoms in total. The van der Waals surface area contributed by atoms with Crippen molar-refractivity contribution in [1.82, 2.24) is 9.97 Å². The number of nitrogens with one attached hydrogen (secondary N) is 1. The van der Waals surface area contributed by atoms with E-state index in [-0.39, 0.29) is 15.8 Å². The Morgan fingerprint density at radius 2 is 1.96 bits per heavy atom. The second-order valence-corrected chi connectivity index (χ2v) is 5.87. The van der Waals surface area contributed by atoms with Crippen LogP contribution in [0.25, 0.3) is 0 Å². The molecule has 3 aromatic rings. The van der Waals surface area contributed by atoms with Crippen molar-refractivity contribution in [2.24, 2.45) is 0 Å². The largest absolute Gasteiger partial charge is 0.495 e. The molecule has 0 bridgehead atoms. The third-order valence-corrected chi connectivity index (χ3v) is 4.24. The highest BCUT2D eigenvalue weighted by Gasteiger charge is 2.24. The van der Waals surface area contributed by atoms with Gasteiger partial charge in [0.25, 0.3) is 0 Å². The number of anilines is 3. The zero-order valence-electron chi connectivity index (χ0n) is 12.9. The van der Waals surface area contributed by atoms with Crippen molar-refractivity contribution in [2.75, 3.05) is 18.2 Å². The van der Waals surface area contributed by atoms with E-state index in [0.717, 1.165) is 23.5 Å². The van der Waals surface area contributed by atoms with Crippen LogP contribution in [0.2, 0.25) is 0 Å². The van der Waals surface area contributed by atoms with Gasteiger partial charge in [0.05, 0.1) is 18.9 Å². The second kappa shape index (κ2) is 6.81. The second-order valence-electron chi connectivity index (χ2n) is 4.87. The lowest BCUT2D eigenvalue weighted by molar-refractivity contribution is 0.103. The highest BCUT2D eigenvalue weighted by Crippen LogP contribution is 2.30. The van der Waals surface area contributed by atoms with Gasteiger partial charge < -0.3 is 15.8 Å². The number of methoxy groups -OCH3 is 1. The summed E-state index contributed by atoms with van der Waals surface area (Å²) < 4.78 is 32.6. The topological polar surface area (TPSA) is 90.1 Å². The van der Waals surface area contributed by atoms with Crippen LogP contribution in [-0.2, 0) is 0 Å². The van der Waals surface area contributed by atoms with Crippen LogP contribution >= 0.6 is 11.3 Å². The van der Waals surface area contributed by atoms with Crippen LogP contribution in [0.4, 0.5) is 25.5 Å². The average Bonchev–Trinajstić information content (AvgIpc) is 2.95. The number of hydrogen-bond acceptors (Lipinski definition) is 7. The molecule has 0 amide bonds. The number of carbonyl (C=O) groups is 1. The Labute approximate surface area is 145 Å². The summed E-state index contributed by atoms with van der Waals surface area (Å²) in [6.45, 7) is 0. The minimum absolute atomic E-state index is 0.0555. The number of benzene rings is 1. The Kier molecular flexibility index (Phi) is 4.57. The minimum atomic E-state index is -0.955. The summed E-state index contributed by atoms with van der Waals surface area (Å²) in [5.74, 6) is -1.86. The molecule has 0 saturated carbocycles. The first-order valence-corrected chi connectivity index (χ1v) is 7.83. The number of ether oxygens (including phenoxy) is 1. The minimum Gasteiger partial charge on any atom is -0.495 e. The van der Waals surface area contributed by atoms with Crippen molar-refractivity contribution >= 4 is 33.9 Å². The zero-order chi connectivity index (χ0) is 18.0. The number of nitrogens with two attached hydrogens (primary N) is 1. The predicted molar refractivity (Wildman–Crippen MR) is 90.4 cm³/mol. The Morgan fingerprint density at radius 3 is 2.56 bits per heavy atom. The van der Waals surface area contributed by atoms with Gasteiger partial charge >= 0.3 is 0 Å². The third kappa shape index (κ3) is 3.41. The molecule has 0 radical (unpaired) electrons. The molecule has 0 fully saturated rings. The van der Waals surface area contributed by atoms with Crippen LogP contribution in [0.1, 0.15) is 15.2 Å². The van der Waals surface area contributed by atoms with E-state index in [0.29, 0.717) is 11.6 Å². The molecular formula is C16H12F2N4O2S. The highest BCUT2D eigenvalue weighted by molar-refractivity contribution is 7.18. The van der Waals surface area contributed by atoms with Gasteiger partial charge in [0.15, 0.2) is 5.13 Å². The average molecular weight is 362 g/mol. The fourth-order valence-electron chi connectivity index (χ4n) is 2.06. The van der Waals surface area contributed by atoms with Gasteiger partial charge in [-0.1, -0.05) is 17.4 Å². The molecule has 9 heteroatoms. The standard InChI is InChI=1S/C16H12F2N4O2S/c1-24-8-5-6-11(20-7-8)21-16-22-15(19)14(25-16)13(23)12-9(17)3-2-4-10(12)18/h2-7H,19H2,1H3,(H,20,21,22). The van der Waals surface area contributed by atoms with Gasteiger partial charge in [-0.2, -0.15) is 0 Å². The van der Waals surface area contributed by atoms with Crippen molar-refractivity contribution in [2.45, 2.75) is 0 Å². The normalized spacial score (nSPS) is 10.5. The molecule has 2 heterocycles. The summed E-state index contributed by atoms with van der Waals surface area (Å²) in [6.07, 6.45) is 1.50. The van der Waals surface area contributed by atoms with Gasteiger partial charge in [-0.25, -0.2) is 18.7 Å². The van der Waals surface area contributed by atoms with E-state index in [1.165, 1.54) is 19.4 Å². The van der Waals surface area contributed by atoms with Crippen LogP contribution in [0.5, 0.6) is 5.75 Å². The van der Waals surface area contributed by atoms with E-state index in [1.54, 1.807) is 12.1 Å². The number of pyridine rings is 1. The lowest BCUT2D eigenvalue weighted by Gasteiger charge is -2.03. The molecule has 128 valence electrons. The van der Waals surface area contributed by atoms with Crippen molar-refractivity contribution in [3.05, 3.63) is 58.6 Å². The van der Waals surface area contributed by atoms with Crippen LogP contribution in [0, 0.1) is 11.6 Å². The van der Waals surface area contributed by atoms with Crippen molar-refractivity contribution in [3.8, 4) is 5.75 Å². The molecule has 2 aromatic heterocycles. The molecule has 0 saturated heterocycles. The summed E-state index contributed by atoms with van der Waals surface area (Å²) >= 11 is 0.883. The summed E-state index contributed by atoms with van der Waals surface area (Å²) in [6, 6.07) is 6.53. The lowest BCUT2D eigenvalue weighted by atomic mass is 10.1. The molecule has 1 aromatic carbocycles. The van der Waals surface area contributed by atoms with Gasteiger partial charge in [-0.05, 0) is 24.3 Å². The fraction of sp³-hybridized carbons (Fsp3) is 0.0625. The summed E-state index contributed by atoms with van der Waals surface area (Å²) in [5, 5.41) is 3.15. The Balaban J connectivity index is 1.88. The first-order chi connectivity index (χ1) is 12.0. The fourth-order valence-corrected chi connectivity index (χ4v) is 2.90. The number of hydrogen-bond donors (Lipinski definition) is 2. The number of rotatable bonds is 5. The van der Waals surface area contributed by atoms with Gasteiger partial charge in [-0.15, -0.1) is 0 Å². The van der Waals surface area contributed by atoms with Crippen molar-refractivity contribution < 1.29 is 18.3 Å². The maximum Gasteiger partial charge on any atom is 0.212 e. The maximum atomic E-state index is 13.8. The quantitative estimate of drug-likeness (QED) is 0.676. The first-order valence-electron chi connectivity index (χ1n) is 7.01. The van der Waals surface area contributed by atoms with E-state index in [4.69, 9.17) is 10.5 Å². The SMILES string of the molecule is COc1ccc(Nc2nc(N)c(C(=O)c3c(F)cccc3F)s2)nc1. The first kappa shape index (κ1) is 16.8. The molecule has 0 spiro atoms. The van der Waals surface area contributed by atoms with Gasteiger partial charge in [0.2, 0.25) is 5.78 Å². The van der Waals surface area contributed by atoms with E-state index < -0.39 is 23.0 Å². The number of thiazole rings is 1. The van der Waals surface area contributed by atoms with Gasteiger partial charge in [0, 0.05) is 0 Å². The van der Waals surface area contributed by atoms with E-state index in [9.17, 15) is 13.6 Å².